The van der Waals surface area contributed by atoms with Crippen LogP contribution in [0.1, 0.15) is 31.9 Å². The molecule has 0 fully saturated rings. The first-order chi connectivity index (χ1) is 9.12. The Bertz CT molecular complexity index is 470. The summed E-state index contributed by atoms with van der Waals surface area (Å²) in [5, 5.41) is 0.573. The lowest BCUT2D eigenvalue weighted by atomic mass is 10.1. The molecule has 1 rings (SSSR count). The number of alkyl halides is 1. The molecule has 0 heterocycles. The Balaban J connectivity index is 2.98. The van der Waals surface area contributed by atoms with Crippen LogP contribution >= 0.6 is 15.9 Å². The summed E-state index contributed by atoms with van der Waals surface area (Å²) in [7, 11) is -0.298. The number of benzene rings is 1. The van der Waals surface area contributed by atoms with Crippen molar-refractivity contribution in [2.45, 2.75) is 50.8 Å². The van der Waals surface area contributed by atoms with Crippen LogP contribution in [0.15, 0.2) is 12.1 Å². The van der Waals surface area contributed by atoms with E-state index in [0.29, 0.717) is 28.8 Å². The van der Waals surface area contributed by atoms with Gasteiger partial charge in [-0.05, 0) is 30.3 Å². The zero-order valence-electron chi connectivity index (χ0n) is 13.1. The predicted octanol–water partition coefficient (Wildman–Crippen LogP) is 5.25. The van der Waals surface area contributed by atoms with E-state index in [1.165, 1.54) is 0 Å². The van der Waals surface area contributed by atoms with E-state index in [1.807, 2.05) is 0 Å². The quantitative estimate of drug-likeness (QED) is 0.525. The SMILES string of the molecule is COc1cc(CBr)c(F)c(CO[Si](C)(C)C(C)(C)C)c1. The summed E-state index contributed by atoms with van der Waals surface area (Å²) in [6, 6.07) is 3.43. The van der Waals surface area contributed by atoms with E-state index in [4.69, 9.17) is 9.16 Å². The molecule has 0 N–H and O–H groups in total. The lowest BCUT2D eigenvalue weighted by Crippen LogP contribution is -2.40. The summed E-state index contributed by atoms with van der Waals surface area (Å²) in [4.78, 5) is 0. The van der Waals surface area contributed by atoms with Crippen LogP contribution in [0.2, 0.25) is 18.1 Å². The Labute approximate surface area is 130 Å². The summed E-state index contributed by atoms with van der Waals surface area (Å²) in [5.74, 6) is 0.455. The average molecular weight is 363 g/mol. The van der Waals surface area contributed by atoms with Gasteiger partial charge in [0.05, 0.1) is 13.7 Å². The summed E-state index contributed by atoms with van der Waals surface area (Å²) in [6.07, 6.45) is 0. The topological polar surface area (TPSA) is 18.5 Å². The number of ether oxygens (including phenoxy) is 1. The van der Waals surface area contributed by atoms with Gasteiger partial charge in [-0.1, -0.05) is 36.7 Å². The smallest absolute Gasteiger partial charge is 0.192 e. The number of rotatable bonds is 5. The van der Waals surface area contributed by atoms with Crippen molar-refractivity contribution in [3.05, 3.63) is 29.1 Å². The second-order valence-corrected chi connectivity index (χ2v) is 11.8. The molecule has 0 unspecified atom stereocenters. The minimum atomic E-state index is -1.88. The molecule has 1 aromatic carbocycles. The summed E-state index contributed by atoms with van der Waals surface area (Å²) < 4.78 is 25.6. The summed E-state index contributed by atoms with van der Waals surface area (Å²) in [6.45, 7) is 11.1. The highest BCUT2D eigenvalue weighted by Crippen LogP contribution is 2.37. The molecule has 0 aliphatic rings. The molecule has 0 saturated carbocycles. The molecule has 0 spiro atoms. The summed E-state index contributed by atoms with van der Waals surface area (Å²) >= 11 is 3.30. The average Bonchev–Trinajstić information content (AvgIpc) is 2.36. The van der Waals surface area contributed by atoms with E-state index in [2.05, 4.69) is 49.8 Å². The Morgan fingerprint density at radius 1 is 1.20 bits per heavy atom. The predicted molar refractivity (Wildman–Crippen MR) is 87.6 cm³/mol. The van der Waals surface area contributed by atoms with Crippen LogP contribution in [0, 0.1) is 5.82 Å². The van der Waals surface area contributed by atoms with Crippen molar-refractivity contribution < 1.29 is 13.6 Å². The first kappa shape index (κ1) is 17.7. The fourth-order valence-corrected chi connectivity index (χ4v) is 2.87. The Hall–Kier alpha value is -0.393. The standard InChI is InChI=1S/C15H24BrFO2Si/c1-15(2,3)20(5,6)19-10-12-8-13(18-4)7-11(9-16)14(12)17/h7-8H,9-10H2,1-6H3. The molecule has 0 bridgehead atoms. The number of hydrogen-bond acceptors (Lipinski definition) is 2. The number of halogens is 2. The van der Waals surface area contributed by atoms with Gasteiger partial charge in [-0.15, -0.1) is 0 Å². The van der Waals surface area contributed by atoms with Gasteiger partial charge < -0.3 is 9.16 Å². The number of hydrogen-bond donors (Lipinski definition) is 0. The first-order valence-corrected chi connectivity index (χ1v) is 10.7. The van der Waals surface area contributed by atoms with Gasteiger partial charge in [0, 0.05) is 16.5 Å². The monoisotopic (exact) mass is 362 g/mol. The van der Waals surface area contributed by atoms with Gasteiger partial charge in [-0.3, -0.25) is 0 Å². The van der Waals surface area contributed by atoms with Gasteiger partial charge in [-0.2, -0.15) is 0 Å². The lowest BCUT2D eigenvalue weighted by molar-refractivity contribution is 0.270. The van der Waals surface area contributed by atoms with Gasteiger partial charge in [0.1, 0.15) is 11.6 Å². The zero-order chi connectivity index (χ0) is 15.6. The Morgan fingerprint density at radius 2 is 1.75 bits per heavy atom. The van der Waals surface area contributed by atoms with E-state index >= 15 is 0 Å². The van der Waals surface area contributed by atoms with Gasteiger partial charge >= 0.3 is 0 Å². The minimum Gasteiger partial charge on any atom is -0.497 e. The van der Waals surface area contributed by atoms with Crippen molar-refractivity contribution in [2.75, 3.05) is 7.11 Å². The third-order valence-corrected chi connectivity index (χ3v) is 9.05. The van der Waals surface area contributed by atoms with E-state index in [0.717, 1.165) is 0 Å². The maximum absolute atomic E-state index is 14.3. The Kier molecular flexibility index (Phi) is 5.81. The van der Waals surface area contributed by atoms with Gasteiger partial charge in [0.25, 0.3) is 0 Å². The maximum atomic E-state index is 14.3. The lowest BCUT2D eigenvalue weighted by Gasteiger charge is -2.36. The summed E-state index contributed by atoms with van der Waals surface area (Å²) in [5.41, 5.74) is 1.15. The van der Waals surface area contributed by atoms with Crippen molar-refractivity contribution in [2.24, 2.45) is 0 Å². The second kappa shape index (κ2) is 6.58. The van der Waals surface area contributed by atoms with E-state index in [1.54, 1.807) is 19.2 Å². The van der Waals surface area contributed by atoms with Crippen molar-refractivity contribution in [3.8, 4) is 5.75 Å². The highest BCUT2D eigenvalue weighted by molar-refractivity contribution is 9.08. The molecule has 114 valence electrons. The largest absolute Gasteiger partial charge is 0.497 e. The second-order valence-electron chi connectivity index (χ2n) is 6.44. The van der Waals surface area contributed by atoms with Crippen molar-refractivity contribution in [3.63, 3.8) is 0 Å². The minimum absolute atomic E-state index is 0.112. The van der Waals surface area contributed by atoms with Crippen LogP contribution < -0.4 is 4.74 Å². The molecule has 1 aromatic rings. The van der Waals surface area contributed by atoms with Gasteiger partial charge in [-0.25, -0.2) is 4.39 Å². The molecular formula is C15H24BrFO2Si. The van der Waals surface area contributed by atoms with Crippen LogP contribution in [-0.2, 0) is 16.4 Å². The van der Waals surface area contributed by atoms with E-state index in [-0.39, 0.29) is 10.9 Å². The van der Waals surface area contributed by atoms with Crippen LogP contribution in [-0.4, -0.2) is 15.4 Å². The molecule has 0 amide bonds. The highest BCUT2D eigenvalue weighted by atomic mass is 79.9. The van der Waals surface area contributed by atoms with Gasteiger partial charge in [0.2, 0.25) is 0 Å². The molecule has 0 aliphatic carbocycles. The van der Waals surface area contributed by atoms with Gasteiger partial charge in [0.15, 0.2) is 8.32 Å². The first-order valence-electron chi connectivity index (χ1n) is 6.67. The number of methoxy groups -OCH3 is 1. The molecule has 0 radical (unpaired) electrons. The molecule has 0 saturated heterocycles. The maximum Gasteiger partial charge on any atom is 0.192 e. The fourth-order valence-electron chi connectivity index (χ4n) is 1.51. The third kappa shape index (κ3) is 4.05. The van der Waals surface area contributed by atoms with E-state index in [9.17, 15) is 4.39 Å². The molecule has 0 aliphatic heterocycles. The molecule has 5 heteroatoms. The van der Waals surface area contributed by atoms with E-state index < -0.39 is 8.32 Å². The Morgan fingerprint density at radius 3 is 2.20 bits per heavy atom. The van der Waals surface area contributed by atoms with Crippen molar-refractivity contribution in [1.82, 2.24) is 0 Å². The zero-order valence-corrected chi connectivity index (χ0v) is 15.7. The molecule has 0 aromatic heterocycles. The normalized spacial score (nSPS) is 12.6. The molecular weight excluding hydrogens is 339 g/mol. The van der Waals surface area contributed by atoms with Crippen molar-refractivity contribution >= 4 is 24.2 Å². The van der Waals surface area contributed by atoms with Crippen molar-refractivity contribution in [1.29, 1.82) is 0 Å². The third-order valence-electron chi connectivity index (χ3n) is 3.97. The molecule has 2 nitrogen and oxygen atoms in total. The highest BCUT2D eigenvalue weighted by Gasteiger charge is 2.37. The van der Waals surface area contributed by atoms with Crippen LogP contribution in [0.5, 0.6) is 5.75 Å². The fraction of sp³-hybridized carbons (Fsp3) is 0.600. The van der Waals surface area contributed by atoms with Crippen LogP contribution in [0.4, 0.5) is 4.39 Å². The molecule has 20 heavy (non-hydrogen) atoms. The molecule has 0 atom stereocenters. The van der Waals surface area contributed by atoms with Crippen LogP contribution in [0.25, 0.3) is 0 Å². The van der Waals surface area contributed by atoms with Crippen LogP contribution in [0.3, 0.4) is 0 Å².